The number of nitrogens with one attached hydrogen (secondary N) is 1. The highest BCUT2D eigenvalue weighted by molar-refractivity contribution is 6.31. The van der Waals surface area contributed by atoms with Crippen LogP contribution < -0.4 is 10.2 Å². The Morgan fingerprint density at radius 2 is 1.89 bits per heavy atom. The number of rotatable bonds is 4. The first-order valence-electron chi connectivity index (χ1n) is 9.21. The van der Waals surface area contributed by atoms with Gasteiger partial charge in [0, 0.05) is 48.8 Å². The number of carbonyl (C=O) groups is 1. The van der Waals surface area contributed by atoms with E-state index in [0.717, 1.165) is 31.7 Å². The second-order valence-electron chi connectivity index (χ2n) is 6.93. The van der Waals surface area contributed by atoms with Crippen molar-refractivity contribution in [3.8, 4) is 6.07 Å². The molecule has 1 aliphatic heterocycles. The number of halogens is 1. The molecule has 0 aliphatic carbocycles. The first kappa shape index (κ1) is 19.8. The summed E-state index contributed by atoms with van der Waals surface area (Å²) in [7, 11) is 0. The lowest BCUT2D eigenvalue weighted by atomic mass is 10.2. The molecule has 144 valence electrons. The molecular formula is C22H23ClN4O. The Hall–Kier alpha value is -2.97. The van der Waals surface area contributed by atoms with Crippen LogP contribution in [0.4, 0.5) is 11.4 Å². The minimum Gasteiger partial charge on any atom is -0.373 e. The van der Waals surface area contributed by atoms with Crippen molar-refractivity contribution in [3.63, 3.8) is 0 Å². The summed E-state index contributed by atoms with van der Waals surface area (Å²) in [6, 6.07) is 15.7. The van der Waals surface area contributed by atoms with Crippen LogP contribution in [0.2, 0.25) is 5.02 Å². The van der Waals surface area contributed by atoms with E-state index in [2.05, 4.69) is 41.4 Å². The Morgan fingerprint density at radius 3 is 2.57 bits per heavy atom. The average molecular weight is 395 g/mol. The molecule has 0 atom stereocenters. The predicted octanol–water partition coefficient (Wildman–Crippen LogP) is 4.13. The van der Waals surface area contributed by atoms with Gasteiger partial charge in [0.15, 0.2) is 0 Å². The molecule has 2 aromatic carbocycles. The van der Waals surface area contributed by atoms with Crippen LogP contribution in [-0.2, 0) is 4.79 Å². The van der Waals surface area contributed by atoms with Crippen LogP contribution in [0, 0.1) is 25.2 Å². The molecule has 0 unspecified atom stereocenters. The van der Waals surface area contributed by atoms with Crippen molar-refractivity contribution in [2.24, 2.45) is 0 Å². The lowest BCUT2D eigenvalue weighted by Crippen LogP contribution is -2.44. The largest absolute Gasteiger partial charge is 0.373 e. The summed E-state index contributed by atoms with van der Waals surface area (Å²) in [5.41, 5.74) is 4.03. The fourth-order valence-corrected chi connectivity index (χ4v) is 3.35. The monoisotopic (exact) mass is 394 g/mol. The molecule has 1 aliphatic rings. The fraction of sp³-hybridized carbons (Fsp3) is 0.273. The van der Waals surface area contributed by atoms with Gasteiger partial charge in [0.1, 0.15) is 11.6 Å². The summed E-state index contributed by atoms with van der Waals surface area (Å²) in [6.45, 7) is 7.15. The number of nitriles is 1. The Balaban J connectivity index is 1.64. The van der Waals surface area contributed by atoms with Crippen LogP contribution in [0.1, 0.15) is 11.1 Å². The normalized spacial score (nSPS) is 14.6. The molecule has 2 aromatic rings. The Morgan fingerprint density at radius 1 is 1.14 bits per heavy atom. The Bertz CT molecular complexity index is 940. The summed E-state index contributed by atoms with van der Waals surface area (Å²) in [5.74, 6) is -0.422. The Kier molecular flexibility index (Phi) is 6.23. The van der Waals surface area contributed by atoms with Crippen LogP contribution in [0.15, 0.2) is 54.2 Å². The molecule has 5 nitrogen and oxygen atoms in total. The molecule has 28 heavy (non-hydrogen) atoms. The van der Waals surface area contributed by atoms with Gasteiger partial charge < -0.3 is 15.1 Å². The molecule has 3 rings (SSSR count). The zero-order valence-electron chi connectivity index (χ0n) is 16.1. The van der Waals surface area contributed by atoms with Crippen molar-refractivity contribution in [3.05, 3.63) is 70.4 Å². The minimum absolute atomic E-state index is 0.0865. The lowest BCUT2D eigenvalue weighted by Gasteiger charge is -2.35. The molecule has 1 fully saturated rings. The van der Waals surface area contributed by atoms with Crippen LogP contribution in [0.5, 0.6) is 0 Å². The molecule has 1 heterocycles. The molecule has 6 heteroatoms. The average Bonchev–Trinajstić information content (AvgIpc) is 2.69. The van der Waals surface area contributed by atoms with Crippen LogP contribution in [0.25, 0.3) is 0 Å². The zero-order valence-corrected chi connectivity index (χ0v) is 16.8. The second kappa shape index (κ2) is 8.81. The number of hydrogen-bond donors (Lipinski definition) is 1. The van der Waals surface area contributed by atoms with E-state index in [4.69, 9.17) is 11.6 Å². The molecule has 1 saturated heterocycles. The molecule has 0 aromatic heterocycles. The number of benzene rings is 2. The number of anilines is 2. The van der Waals surface area contributed by atoms with Gasteiger partial charge in [0.25, 0.3) is 5.91 Å². The zero-order chi connectivity index (χ0) is 20.1. The quantitative estimate of drug-likeness (QED) is 0.625. The van der Waals surface area contributed by atoms with E-state index in [-0.39, 0.29) is 5.57 Å². The van der Waals surface area contributed by atoms with Gasteiger partial charge in [0.05, 0.1) is 0 Å². The van der Waals surface area contributed by atoms with Gasteiger partial charge in [-0.25, -0.2) is 0 Å². The van der Waals surface area contributed by atoms with Crippen LogP contribution >= 0.6 is 11.6 Å². The van der Waals surface area contributed by atoms with Crippen molar-refractivity contribution in [2.45, 2.75) is 13.8 Å². The third-order valence-electron chi connectivity index (χ3n) is 4.81. The van der Waals surface area contributed by atoms with Crippen LogP contribution in [0.3, 0.4) is 0 Å². The number of hydrogen-bond acceptors (Lipinski definition) is 4. The summed E-state index contributed by atoms with van der Waals surface area (Å²) >= 11 is 6.00. The van der Waals surface area contributed by atoms with Gasteiger partial charge in [-0.2, -0.15) is 5.26 Å². The number of piperazine rings is 1. The summed E-state index contributed by atoms with van der Waals surface area (Å²) in [5, 5.41) is 12.8. The number of carbonyl (C=O) groups excluding carboxylic acids is 1. The summed E-state index contributed by atoms with van der Waals surface area (Å²) in [4.78, 5) is 16.9. The number of aryl methyl sites for hydroxylation is 2. The second-order valence-corrected chi connectivity index (χ2v) is 7.37. The van der Waals surface area contributed by atoms with Crippen molar-refractivity contribution in [1.82, 2.24) is 4.90 Å². The SMILES string of the molecule is Cc1cccc(N2CCN(/C=C(/C#N)C(=O)Nc3cc(Cl)ccc3C)CC2)c1. The third kappa shape index (κ3) is 4.85. The van der Waals surface area contributed by atoms with Crippen molar-refractivity contribution < 1.29 is 4.79 Å². The first-order valence-corrected chi connectivity index (χ1v) is 9.59. The predicted molar refractivity (Wildman–Crippen MR) is 113 cm³/mol. The molecule has 0 bridgehead atoms. The van der Waals surface area contributed by atoms with Gasteiger partial charge in [-0.3, -0.25) is 4.79 Å². The van der Waals surface area contributed by atoms with E-state index < -0.39 is 5.91 Å². The lowest BCUT2D eigenvalue weighted by molar-refractivity contribution is -0.112. The van der Waals surface area contributed by atoms with E-state index >= 15 is 0 Å². The maximum atomic E-state index is 12.5. The minimum atomic E-state index is -0.422. The van der Waals surface area contributed by atoms with Crippen molar-refractivity contribution >= 4 is 28.9 Å². The van der Waals surface area contributed by atoms with Gasteiger partial charge >= 0.3 is 0 Å². The highest BCUT2D eigenvalue weighted by atomic mass is 35.5. The van der Waals surface area contributed by atoms with Gasteiger partial charge in [0.2, 0.25) is 0 Å². The topological polar surface area (TPSA) is 59.4 Å². The maximum absolute atomic E-state index is 12.5. The fourth-order valence-electron chi connectivity index (χ4n) is 3.17. The van der Waals surface area contributed by atoms with Crippen molar-refractivity contribution in [1.29, 1.82) is 5.26 Å². The summed E-state index contributed by atoms with van der Waals surface area (Å²) < 4.78 is 0. The highest BCUT2D eigenvalue weighted by Crippen LogP contribution is 2.21. The molecular weight excluding hydrogens is 372 g/mol. The van der Waals surface area contributed by atoms with Crippen LogP contribution in [-0.4, -0.2) is 37.0 Å². The smallest absolute Gasteiger partial charge is 0.267 e. The maximum Gasteiger partial charge on any atom is 0.267 e. The first-order chi connectivity index (χ1) is 13.5. The molecule has 1 N–H and O–H groups in total. The van der Waals surface area contributed by atoms with E-state index in [1.54, 1.807) is 18.3 Å². The third-order valence-corrected chi connectivity index (χ3v) is 5.04. The van der Waals surface area contributed by atoms with E-state index in [0.29, 0.717) is 10.7 Å². The van der Waals surface area contributed by atoms with Crippen molar-refractivity contribution in [2.75, 3.05) is 36.4 Å². The van der Waals surface area contributed by atoms with Gasteiger partial charge in [-0.05, 0) is 49.2 Å². The molecule has 1 amide bonds. The number of amides is 1. The van der Waals surface area contributed by atoms with E-state index in [9.17, 15) is 10.1 Å². The molecule has 0 radical (unpaired) electrons. The molecule has 0 spiro atoms. The van der Waals surface area contributed by atoms with Gasteiger partial charge in [-0.15, -0.1) is 0 Å². The number of nitrogens with zero attached hydrogens (tertiary/aromatic N) is 3. The highest BCUT2D eigenvalue weighted by Gasteiger charge is 2.18. The summed E-state index contributed by atoms with van der Waals surface area (Å²) in [6.07, 6.45) is 1.66. The van der Waals surface area contributed by atoms with E-state index in [1.165, 1.54) is 11.3 Å². The van der Waals surface area contributed by atoms with E-state index in [1.807, 2.05) is 24.0 Å². The molecule has 0 saturated carbocycles. The standard InChI is InChI=1S/C22H23ClN4O/c1-16-4-3-5-20(12-16)27-10-8-26(9-11-27)15-18(14-24)22(28)25-21-13-19(23)7-6-17(21)2/h3-7,12-13,15H,8-11H2,1-2H3,(H,25,28)/b18-15-. The Labute approximate surface area is 170 Å². The van der Waals surface area contributed by atoms with Gasteiger partial charge in [-0.1, -0.05) is 29.8 Å².